The van der Waals surface area contributed by atoms with E-state index in [2.05, 4.69) is 0 Å². The number of benzene rings is 1. The second-order valence-electron chi connectivity index (χ2n) is 3.73. The molecule has 6 N–H and O–H groups in total. The van der Waals surface area contributed by atoms with Crippen molar-refractivity contribution >= 4 is 17.4 Å². The Kier molecular flexibility index (Phi) is 3.63. The fraction of sp³-hybridized carbons (Fsp3) is 0.273. The van der Waals surface area contributed by atoms with Crippen LogP contribution in [0.3, 0.4) is 0 Å². The molecule has 0 spiro atoms. The van der Waals surface area contributed by atoms with Gasteiger partial charge in [-0.3, -0.25) is 9.59 Å². The molecular formula is C11H15N3O2. The van der Waals surface area contributed by atoms with Crippen LogP contribution in [0.4, 0.5) is 5.69 Å². The first-order chi connectivity index (χ1) is 7.41. The molecule has 1 aromatic rings. The summed E-state index contributed by atoms with van der Waals surface area (Å²) in [5.41, 5.74) is 17.8. The molecule has 16 heavy (non-hydrogen) atoms. The van der Waals surface area contributed by atoms with E-state index in [0.29, 0.717) is 11.3 Å². The quantitative estimate of drug-likeness (QED) is 0.489. The van der Waals surface area contributed by atoms with Gasteiger partial charge in [0.15, 0.2) is 5.78 Å². The zero-order chi connectivity index (χ0) is 12.3. The third-order valence-electron chi connectivity index (χ3n) is 2.28. The topological polar surface area (TPSA) is 112 Å². The lowest BCUT2D eigenvalue weighted by molar-refractivity contribution is -0.119. The average Bonchev–Trinajstić information content (AvgIpc) is 2.16. The van der Waals surface area contributed by atoms with Gasteiger partial charge in [0, 0.05) is 17.7 Å². The van der Waals surface area contributed by atoms with Crippen LogP contribution in [0.2, 0.25) is 0 Å². The van der Waals surface area contributed by atoms with Gasteiger partial charge in [-0.05, 0) is 24.6 Å². The predicted octanol–water partition coefficient (Wildman–Crippen LogP) is -0.0374. The van der Waals surface area contributed by atoms with Gasteiger partial charge in [0.05, 0.1) is 6.04 Å². The molecule has 5 heteroatoms. The summed E-state index contributed by atoms with van der Waals surface area (Å²) in [6, 6.07) is 4.14. The summed E-state index contributed by atoms with van der Waals surface area (Å²) in [6.45, 7) is 1.87. The molecule has 1 atom stereocenters. The second kappa shape index (κ2) is 4.76. The van der Waals surface area contributed by atoms with Crippen molar-refractivity contribution in [3.8, 4) is 0 Å². The normalized spacial score (nSPS) is 12.1. The lowest BCUT2D eigenvalue weighted by Crippen LogP contribution is -2.38. The van der Waals surface area contributed by atoms with Gasteiger partial charge in [0.1, 0.15) is 0 Å². The van der Waals surface area contributed by atoms with Gasteiger partial charge in [-0.1, -0.05) is 6.07 Å². The van der Waals surface area contributed by atoms with Crippen LogP contribution >= 0.6 is 0 Å². The molecule has 0 aliphatic rings. The Labute approximate surface area is 93.6 Å². The Morgan fingerprint density at radius 2 is 2.00 bits per heavy atom. The highest BCUT2D eigenvalue weighted by Crippen LogP contribution is 2.16. The van der Waals surface area contributed by atoms with E-state index >= 15 is 0 Å². The maximum absolute atomic E-state index is 11.7. The highest BCUT2D eigenvalue weighted by atomic mass is 16.1. The van der Waals surface area contributed by atoms with E-state index in [1.165, 1.54) is 0 Å². The summed E-state index contributed by atoms with van der Waals surface area (Å²) in [4.78, 5) is 22.4. The lowest BCUT2D eigenvalue weighted by atomic mass is 10.0. The highest BCUT2D eigenvalue weighted by molar-refractivity contribution is 6.03. The number of rotatable bonds is 4. The molecule has 1 unspecified atom stereocenters. The summed E-state index contributed by atoms with van der Waals surface area (Å²) in [5.74, 6) is -0.970. The minimum absolute atomic E-state index is 0.122. The van der Waals surface area contributed by atoms with Crippen molar-refractivity contribution in [2.75, 3.05) is 5.73 Å². The number of amides is 1. The molecule has 0 aliphatic heterocycles. The molecule has 0 aromatic heterocycles. The first-order valence-electron chi connectivity index (χ1n) is 4.86. The Morgan fingerprint density at radius 1 is 1.38 bits per heavy atom. The SMILES string of the molecule is Cc1ccc(C(=O)CC(N)C(N)=O)c(N)c1. The minimum atomic E-state index is -0.965. The van der Waals surface area contributed by atoms with Crippen molar-refractivity contribution in [2.24, 2.45) is 11.5 Å². The van der Waals surface area contributed by atoms with Crippen molar-refractivity contribution in [2.45, 2.75) is 19.4 Å². The zero-order valence-electron chi connectivity index (χ0n) is 9.07. The van der Waals surface area contributed by atoms with Crippen molar-refractivity contribution < 1.29 is 9.59 Å². The van der Waals surface area contributed by atoms with E-state index < -0.39 is 11.9 Å². The third-order valence-corrected chi connectivity index (χ3v) is 2.28. The van der Waals surface area contributed by atoms with E-state index in [4.69, 9.17) is 17.2 Å². The number of primary amides is 1. The lowest BCUT2D eigenvalue weighted by Gasteiger charge is -2.08. The molecule has 0 bridgehead atoms. The summed E-state index contributed by atoms with van der Waals surface area (Å²) in [5, 5.41) is 0. The number of carbonyl (C=O) groups is 2. The molecule has 0 saturated carbocycles. The third kappa shape index (κ3) is 2.80. The fourth-order valence-corrected chi connectivity index (χ4v) is 1.35. The minimum Gasteiger partial charge on any atom is -0.398 e. The van der Waals surface area contributed by atoms with E-state index in [1.54, 1.807) is 18.2 Å². The van der Waals surface area contributed by atoms with Gasteiger partial charge in [-0.2, -0.15) is 0 Å². The molecule has 0 fully saturated rings. The molecule has 0 saturated heterocycles. The van der Waals surface area contributed by atoms with Crippen LogP contribution in [-0.4, -0.2) is 17.7 Å². The molecule has 86 valence electrons. The number of ketones is 1. The van der Waals surface area contributed by atoms with Crippen molar-refractivity contribution in [1.29, 1.82) is 0 Å². The van der Waals surface area contributed by atoms with Gasteiger partial charge in [0.25, 0.3) is 0 Å². The first kappa shape index (κ1) is 12.2. The van der Waals surface area contributed by atoms with Gasteiger partial charge < -0.3 is 17.2 Å². The van der Waals surface area contributed by atoms with Crippen LogP contribution in [-0.2, 0) is 4.79 Å². The first-order valence-corrected chi connectivity index (χ1v) is 4.86. The predicted molar refractivity (Wildman–Crippen MR) is 61.7 cm³/mol. The molecular weight excluding hydrogens is 206 g/mol. The van der Waals surface area contributed by atoms with Gasteiger partial charge >= 0.3 is 0 Å². The fourth-order valence-electron chi connectivity index (χ4n) is 1.35. The molecule has 1 rings (SSSR count). The molecule has 0 aliphatic carbocycles. The van der Waals surface area contributed by atoms with E-state index in [9.17, 15) is 9.59 Å². The highest BCUT2D eigenvalue weighted by Gasteiger charge is 2.17. The maximum atomic E-state index is 11.7. The van der Waals surface area contributed by atoms with Gasteiger partial charge in [0.2, 0.25) is 5.91 Å². The number of hydrogen-bond donors (Lipinski definition) is 3. The summed E-state index contributed by atoms with van der Waals surface area (Å²) < 4.78 is 0. The van der Waals surface area contributed by atoms with E-state index in [1.807, 2.05) is 6.92 Å². The number of Topliss-reactive ketones (excluding diaryl/α,β-unsaturated/α-hetero) is 1. The Morgan fingerprint density at radius 3 is 2.50 bits per heavy atom. The van der Waals surface area contributed by atoms with E-state index in [0.717, 1.165) is 5.56 Å². The average molecular weight is 221 g/mol. The number of hydrogen-bond acceptors (Lipinski definition) is 4. The van der Waals surface area contributed by atoms with Crippen LogP contribution < -0.4 is 17.2 Å². The maximum Gasteiger partial charge on any atom is 0.234 e. The van der Waals surface area contributed by atoms with Gasteiger partial charge in [-0.15, -0.1) is 0 Å². The van der Waals surface area contributed by atoms with Crippen LogP contribution in [0.15, 0.2) is 18.2 Å². The molecule has 0 heterocycles. The van der Waals surface area contributed by atoms with Crippen LogP contribution in [0, 0.1) is 6.92 Å². The second-order valence-corrected chi connectivity index (χ2v) is 3.73. The zero-order valence-corrected chi connectivity index (χ0v) is 9.07. The van der Waals surface area contributed by atoms with Crippen LogP contribution in [0.5, 0.6) is 0 Å². The van der Waals surface area contributed by atoms with Crippen LogP contribution in [0.1, 0.15) is 22.3 Å². The van der Waals surface area contributed by atoms with Crippen molar-refractivity contribution in [3.63, 3.8) is 0 Å². The summed E-state index contributed by atoms with van der Waals surface area (Å²) in [7, 11) is 0. The van der Waals surface area contributed by atoms with Crippen molar-refractivity contribution in [1.82, 2.24) is 0 Å². The molecule has 0 radical (unpaired) electrons. The Bertz CT molecular complexity index is 429. The number of nitrogen functional groups attached to an aromatic ring is 1. The van der Waals surface area contributed by atoms with E-state index in [-0.39, 0.29) is 12.2 Å². The van der Waals surface area contributed by atoms with Crippen molar-refractivity contribution in [3.05, 3.63) is 29.3 Å². The van der Waals surface area contributed by atoms with Crippen LogP contribution in [0.25, 0.3) is 0 Å². The largest absolute Gasteiger partial charge is 0.398 e. The molecule has 1 amide bonds. The molecule has 5 nitrogen and oxygen atoms in total. The summed E-state index contributed by atoms with van der Waals surface area (Å²) >= 11 is 0. The Balaban J connectivity index is 2.85. The molecule has 1 aromatic carbocycles. The smallest absolute Gasteiger partial charge is 0.234 e. The van der Waals surface area contributed by atoms with Gasteiger partial charge in [-0.25, -0.2) is 0 Å². The number of nitrogens with two attached hydrogens (primary N) is 3. The summed E-state index contributed by atoms with van der Waals surface area (Å²) in [6.07, 6.45) is -0.122. The number of carbonyl (C=O) groups excluding carboxylic acids is 2. The number of anilines is 1. The number of aryl methyl sites for hydroxylation is 1. The Hall–Kier alpha value is -1.88. The monoisotopic (exact) mass is 221 g/mol. The standard InChI is InChI=1S/C11H15N3O2/c1-6-2-3-7(8(12)4-6)10(15)5-9(13)11(14)16/h2-4,9H,5,12-13H2,1H3,(H2,14,16).